The summed E-state index contributed by atoms with van der Waals surface area (Å²) in [5, 5.41) is 0. The molecule has 1 atom stereocenters. The van der Waals surface area contributed by atoms with Gasteiger partial charge in [-0.1, -0.05) is 0 Å². The highest BCUT2D eigenvalue weighted by molar-refractivity contribution is 5.90. The van der Waals surface area contributed by atoms with E-state index in [1.807, 2.05) is 0 Å². The predicted octanol–water partition coefficient (Wildman–Crippen LogP) is 2.31. The normalized spacial score (nSPS) is 19.9. The third-order valence-electron chi connectivity index (χ3n) is 2.78. The number of hydrogen-bond donors (Lipinski definition) is 0. The summed E-state index contributed by atoms with van der Waals surface area (Å²) in [7, 11) is 0. The zero-order valence-electron chi connectivity index (χ0n) is 9.40. The van der Waals surface area contributed by atoms with E-state index >= 15 is 0 Å². The fourth-order valence-corrected chi connectivity index (χ4v) is 1.83. The van der Waals surface area contributed by atoms with Crippen LogP contribution in [0.15, 0.2) is 16.7 Å². The van der Waals surface area contributed by atoms with E-state index in [-0.39, 0.29) is 12.1 Å². The Bertz CT molecular complexity index is 350. The SMILES string of the molecule is Cc1occc1C(=O)OCC[C@@H]1CCCO1. The Kier molecular flexibility index (Phi) is 3.62. The molecule has 1 saturated heterocycles. The minimum atomic E-state index is -0.316. The summed E-state index contributed by atoms with van der Waals surface area (Å²) in [5.74, 6) is 0.284. The molecule has 2 rings (SSSR count). The van der Waals surface area contributed by atoms with Crippen LogP contribution < -0.4 is 0 Å². The Labute approximate surface area is 94.5 Å². The molecular formula is C12H16O4. The molecule has 0 aromatic carbocycles. The van der Waals surface area contributed by atoms with Gasteiger partial charge in [-0.15, -0.1) is 0 Å². The molecule has 0 N–H and O–H groups in total. The van der Waals surface area contributed by atoms with Crippen LogP contribution in [0, 0.1) is 6.92 Å². The molecule has 1 fully saturated rings. The monoisotopic (exact) mass is 224 g/mol. The largest absolute Gasteiger partial charge is 0.469 e. The van der Waals surface area contributed by atoms with Crippen LogP contribution in [0.1, 0.15) is 35.4 Å². The first-order valence-electron chi connectivity index (χ1n) is 5.60. The van der Waals surface area contributed by atoms with Crippen LogP contribution in [0.25, 0.3) is 0 Å². The second-order valence-corrected chi connectivity index (χ2v) is 3.95. The van der Waals surface area contributed by atoms with Gasteiger partial charge in [-0.05, 0) is 25.8 Å². The van der Waals surface area contributed by atoms with E-state index in [1.165, 1.54) is 6.26 Å². The van der Waals surface area contributed by atoms with Gasteiger partial charge >= 0.3 is 5.97 Å². The Hall–Kier alpha value is -1.29. The molecule has 16 heavy (non-hydrogen) atoms. The van der Waals surface area contributed by atoms with Crippen molar-refractivity contribution in [2.75, 3.05) is 13.2 Å². The number of rotatable bonds is 4. The highest BCUT2D eigenvalue weighted by Crippen LogP contribution is 2.16. The van der Waals surface area contributed by atoms with E-state index < -0.39 is 0 Å². The summed E-state index contributed by atoms with van der Waals surface area (Å²) in [6, 6.07) is 1.63. The Balaban J connectivity index is 1.73. The highest BCUT2D eigenvalue weighted by atomic mass is 16.5. The van der Waals surface area contributed by atoms with Crippen molar-refractivity contribution in [1.29, 1.82) is 0 Å². The minimum Gasteiger partial charge on any atom is -0.469 e. The second kappa shape index (κ2) is 5.16. The topological polar surface area (TPSA) is 48.7 Å². The van der Waals surface area contributed by atoms with Gasteiger partial charge in [-0.3, -0.25) is 0 Å². The fraction of sp³-hybridized carbons (Fsp3) is 0.583. The quantitative estimate of drug-likeness (QED) is 0.736. The van der Waals surface area contributed by atoms with Crippen LogP contribution in [0.4, 0.5) is 0 Å². The third kappa shape index (κ3) is 2.64. The van der Waals surface area contributed by atoms with Crippen LogP contribution in [0.2, 0.25) is 0 Å². The molecule has 1 aliphatic rings. The van der Waals surface area contributed by atoms with Gasteiger partial charge < -0.3 is 13.9 Å². The molecule has 1 aromatic rings. The lowest BCUT2D eigenvalue weighted by atomic mass is 10.2. The van der Waals surface area contributed by atoms with Crippen molar-refractivity contribution >= 4 is 5.97 Å². The maximum atomic E-state index is 11.6. The molecule has 4 heteroatoms. The van der Waals surface area contributed by atoms with Crippen molar-refractivity contribution < 1.29 is 18.7 Å². The van der Waals surface area contributed by atoms with E-state index in [1.54, 1.807) is 13.0 Å². The lowest BCUT2D eigenvalue weighted by molar-refractivity contribution is 0.0384. The van der Waals surface area contributed by atoms with Gasteiger partial charge in [-0.25, -0.2) is 4.79 Å². The smallest absolute Gasteiger partial charge is 0.341 e. The first kappa shape index (κ1) is 11.2. The molecule has 0 saturated carbocycles. The van der Waals surface area contributed by atoms with Crippen LogP contribution >= 0.6 is 0 Å². The van der Waals surface area contributed by atoms with Gasteiger partial charge in [0.2, 0.25) is 0 Å². The Morgan fingerprint density at radius 1 is 1.62 bits per heavy atom. The van der Waals surface area contributed by atoms with E-state index in [9.17, 15) is 4.79 Å². The van der Waals surface area contributed by atoms with Crippen molar-refractivity contribution in [2.24, 2.45) is 0 Å². The Morgan fingerprint density at radius 3 is 3.12 bits per heavy atom. The van der Waals surface area contributed by atoms with Crippen LogP contribution in [-0.4, -0.2) is 25.3 Å². The van der Waals surface area contributed by atoms with Crippen molar-refractivity contribution in [3.05, 3.63) is 23.7 Å². The number of furan rings is 1. The van der Waals surface area contributed by atoms with Gasteiger partial charge in [-0.2, -0.15) is 0 Å². The average Bonchev–Trinajstić information content (AvgIpc) is 2.88. The minimum absolute atomic E-state index is 0.262. The van der Waals surface area contributed by atoms with E-state index in [4.69, 9.17) is 13.9 Å². The van der Waals surface area contributed by atoms with Gasteiger partial charge in [0.25, 0.3) is 0 Å². The van der Waals surface area contributed by atoms with Crippen molar-refractivity contribution in [3.63, 3.8) is 0 Å². The lowest BCUT2D eigenvalue weighted by Gasteiger charge is -2.09. The van der Waals surface area contributed by atoms with Crippen molar-refractivity contribution in [1.82, 2.24) is 0 Å². The zero-order chi connectivity index (χ0) is 11.4. The summed E-state index contributed by atoms with van der Waals surface area (Å²) in [6.07, 6.45) is 4.72. The van der Waals surface area contributed by atoms with Gasteiger partial charge in [0.05, 0.1) is 19.0 Å². The van der Waals surface area contributed by atoms with E-state index in [0.29, 0.717) is 17.9 Å². The molecule has 1 aliphatic heterocycles. The molecule has 0 radical (unpaired) electrons. The molecule has 0 spiro atoms. The van der Waals surface area contributed by atoms with Crippen LogP contribution in [0.3, 0.4) is 0 Å². The first-order valence-corrected chi connectivity index (χ1v) is 5.60. The molecule has 0 bridgehead atoms. The first-order chi connectivity index (χ1) is 7.77. The fourth-order valence-electron chi connectivity index (χ4n) is 1.83. The second-order valence-electron chi connectivity index (χ2n) is 3.95. The number of carbonyl (C=O) groups is 1. The summed E-state index contributed by atoms with van der Waals surface area (Å²) in [6.45, 7) is 2.99. The zero-order valence-corrected chi connectivity index (χ0v) is 9.40. The molecule has 0 aliphatic carbocycles. The number of ether oxygens (including phenoxy) is 2. The molecule has 1 aromatic heterocycles. The van der Waals surface area contributed by atoms with Gasteiger partial charge in [0.15, 0.2) is 0 Å². The maximum absolute atomic E-state index is 11.6. The number of esters is 1. The standard InChI is InChI=1S/C12H16O4/c1-9-11(5-8-14-9)12(13)16-7-4-10-3-2-6-15-10/h5,8,10H,2-4,6-7H2,1H3/t10-/m0/s1. The molecule has 4 nitrogen and oxygen atoms in total. The van der Waals surface area contributed by atoms with Crippen molar-refractivity contribution in [3.8, 4) is 0 Å². The predicted molar refractivity (Wildman–Crippen MR) is 57.3 cm³/mol. The maximum Gasteiger partial charge on any atom is 0.341 e. The molecule has 2 heterocycles. The van der Waals surface area contributed by atoms with Crippen LogP contribution in [0.5, 0.6) is 0 Å². The molecule has 0 unspecified atom stereocenters. The molecule has 88 valence electrons. The van der Waals surface area contributed by atoms with E-state index in [2.05, 4.69) is 0 Å². The average molecular weight is 224 g/mol. The summed E-state index contributed by atoms with van der Waals surface area (Å²) >= 11 is 0. The Morgan fingerprint density at radius 2 is 2.50 bits per heavy atom. The van der Waals surface area contributed by atoms with E-state index in [0.717, 1.165) is 25.9 Å². The summed E-state index contributed by atoms with van der Waals surface area (Å²) in [5.41, 5.74) is 0.507. The summed E-state index contributed by atoms with van der Waals surface area (Å²) in [4.78, 5) is 11.6. The molecule has 0 amide bonds. The van der Waals surface area contributed by atoms with Gasteiger partial charge in [0.1, 0.15) is 11.3 Å². The van der Waals surface area contributed by atoms with Crippen molar-refractivity contribution in [2.45, 2.75) is 32.3 Å². The van der Waals surface area contributed by atoms with Gasteiger partial charge in [0, 0.05) is 13.0 Å². The number of hydrogen-bond acceptors (Lipinski definition) is 4. The third-order valence-corrected chi connectivity index (χ3v) is 2.78. The number of carbonyl (C=O) groups excluding carboxylic acids is 1. The van der Waals surface area contributed by atoms with Crippen LogP contribution in [-0.2, 0) is 9.47 Å². The summed E-state index contributed by atoms with van der Waals surface area (Å²) < 4.78 is 15.6. The lowest BCUT2D eigenvalue weighted by Crippen LogP contribution is -2.13. The number of aryl methyl sites for hydroxylation is 1. The molecular weight excluding hydrogens is 208 g/mol. The highest BCUT2D eigenvalue weighted by Gasteiger charge is 2.17.